The van der Waals surface area contributed by atoms with E-state index in [2.05, 4.69) is 0 Å². The molecule has 4 nitrogen and oxygen atoms in total. The van der Waals surface area contributed by atoms with Crippen molar-refractivity contribution >= 4 is 11.9 Å². The first-order valence-corrected chi connectivity index (χ1v) is 4.34. The van der Waals surface area contributed by atoms with Crippen molar-refractivity contribution in [2.45, 2.75) is 6.18 Å². The van der Waals surface area contributed by atoms with Crippen molar-refractivity contribution in [3.63, 3.8) is 0 Å². The zero-order valence-corrected chi connectivity index (χ0v) is 8.27. The molecule has 0 fully saturated rings. The minimum atomic E-state index is -5.00. The quantitative estimate of drug-likeness (QED) is 0.467. The van der Waals surface area contributed by atoms with E-state index >= 15 is 0 Å². The largest absolute Gasteiger partial charge is 0.454 e. The Bertz CT molecular complexity index is 480. The summed E-state index contributed by atoms with van der Waals surface area (Å²) in [5.41, 5.74) is -0.760. The molecular formula is C10H6F3NO3. The van der Waals surface area contributed by atoms with Gasteiger partial charge in [0.25, 0.3) is 5.78 Å². The molecule has 7 heteroatoms. The van der Waals surface area contributed by atoms with Gasteiger partial charge in [0.05, 0.1) is 4.92 Å². The van der Waals surface area contributed by atoms with Gasteiger partial charge in [0.15, 0.2) is 0 Å². The van der Waals surface area contributed by atoms with Crippen molar-refractivity contribution in [2.24, 2.45) is 0 Å². The van der Waals surface area contributed by atoms with E-state index in [-0.39, 0.29) is 5.56 Å². The molecule has 0 atom stereocenters. The van der Waals surface area contributed by atoms with Crippen LogP contribution in [0.15, 0.2) is 30.5 Å². The Morgan fingerprint density at radius 1 is 1.29 bits per heavy atom. The molecule has 0 radical (unpaired) electrons. The normalized spacial score (nSPS) is 11.7. The maximum atomic E-state index is 12.2. The van der Waals surface area contributed by atoms with Gasteiger partial charge in [-0.2, -0.15) is 13.2 Å². The molecule has 1 aromatic rings. The van der Waals surface area contributed by atoms with Gasteiger partial charge in [-0.1, -0.05) is 24.3 Å². The number of halogens is 3. The van der Waals surface area contributed by atoms with Gasteiger partial charge in [0.2, 0.25) is 6.20 Å². The predicted octanol–water partition coefficient (Wildman–Crippen LogP) is 2.68. The average molecular weight is 245 g/mol. The highest BCUT2D eigenvalue weighted by Crippen LogP contribution is 2.24. The van der Waals surface area contributed by atoms with Crippen molar-refractivity contribution in [3.05, 3.63) is 51.7 Å². The average Bonchev–Trinajstić information content (AvgIpc) is 2.24. The third-order valence-corrected chi connectivity index (χ3v) is 1.84. The van der Waals surface area contributed by atoms with Crippen LogP contribution >= 0.6 is 0 Å². The molecule has 0 aromatic heterocycles. The van der Waals surface area contributed by atoms with E-state index in [4.69, 9.17) is 0 Å². The van der Waals surface area contributed by atoms with Gasteiger partial charge < -0.3 is 0 Å². The fourth-order valence-corrected chi connectivity index (χ4v) is 1.14. The van der Waals surface area contributed by atoms with Crippen LogP contribution in [0.2, 0.25) is 0 Å². The standard InChI is InChI=1S/C10H6F3NO3/c11-10(12,13)9(15)8-4-2-1-3-7(8)5-6-14(16)17/h1-6H/b6-5+. The van der Waals surface area contributed by atoms with Gasteiger partial charge in [0.1, 0.15) is 0 Å². The van der Waals surface area contributed by atoms with E-state index in [0.717, 1.165) is 12.1 Å². The number of rotatable bonds is 3. The lowest BCUT2D eigenvalue weighted by molar-refractivity contribution is -0.400. The molecule has 0 spiro atoms. The van der Waals surface area contributed by atoms with Gasteiger partial charge in [0, 0.05) is 11.6 Å². The van der Waals surface area contributed by atoms with Crippen LogP contribution in [0.4, 0.5) is 13.2 Å². The molecule has 0 aliphatic heterocycles. The highest BCUT2D eigenvalue weighted by atomic mass is 19.4. The number of Topliss-reactive ketones (excluding diaryl/α,β-unsaturated/α-hetero) is 1. The second-order valence-electron chi connectivity index (χ2n) is 3.02. The number of benzene rings is 1. The van der Waals surface area contributed by atoms with Crippen LogP contribution in [-0.4, -0.2) is 16.9 Å². The van der Waals surface area contributed by atoms with Gasteiger partial charge in [-0.05, 0) is 5.56 Å². The second-order valence-corrected chi connectivity index (χ2v) is 3.02. The Morgan fingerprint density at radius 3 is 2.41 bits per heavy atom. The zero-order valence-electron chi connectivity index (χ0n) is 8.27. The highest BCUT2D eigenvalue weighted by Gasteiger charge is 2.40. The highest BCUT2D eigenvalue weighted by molar-refractivity contribution is 6.03. The molecule has 1 rings (SSSR count). The predicted molar refractivity (Wildman–Crippen MR) is 52.9 cm³/mol. The molecule has 1 aromatic carbocycles. The Labute approximate surface area is 93.5 Å². The van der Waals surface area contributed by atoms with Crippen molar-refractivity contribution in [3.8, 4) is 0 Å². The molecule has 0 aliphatic carbocycles. The molecule has 0 aliphatic rings. The first-order valence-electron chi connectivity index (χ1n) is 4.34. The van der Waals surface area contributed by atoms with Crippen LogP contribution in [-0.2, 0) is 0 Å². The molecule has 0 amide bonds. The SMILES string of the molecule is O=C(c1ccccc1/C=C/[N+](=O)[O-])C(F)(F)F. The maximum absolute atomic E-state index is 12.2. The number of nitrogens with zero attached hydrogens (tertiary/aromatic N) is 1. The molecule has 0 heterocycles. The summed E-state index contributed by atoms with van der Waals surface area (Å²) in [6, 6.07) is 4.80. The van der Waals surface area contributed by atoms with Crippen molar-refractivity contribution in [1.29, 1.82) is 0 Å². The van der Waals surface area contributed by atoms with Gasteiger partial charge in [-0.15, -0.1) is 0 Å². The van der Waals surface area contributed by atoms with Crippen LogP contribution < -0.4 is 0 Å². The Kier molecular flexibility index (Phi) is 3.62. The number of nitro groups is 1. The third-order valence-electron chi connectivity index (χ3n) is 1.84. The van der Waals surface area contributed by atoms with Crippen LogP contribution in [0.1, 0.15) is 15.9 Å². The number of ketones is 1. The summed E-state index contributed by atoms with van der Waals surface area (Å²) >= 11 is 0. The minimum absolute atomic E-state index is 0.147. The van der Waals surface area contributed by atoms with Crippen molar-refractivity contribution in [1.82, 2.24) is 0 Å². The molecule has 0 unspecified atom stereocenters. The Balaban J connectivity index is 3.17. The van der Waals surface area contributed by atoms with Crippen molar-refractivity contribution < 1.29 is 22.9 Å². The van der Waals surface area contributed by atoms with E-state index in [0.29, 0.717) is 6.20 Å². The maximum Gasteiger partial charge on any atom is 0.454 e. The molecule has 0 saturated heterocycles. The number of alkyl halides is 3. The summed E-state index contributed by atoms with van der Waals surface area (Å²) in [4.78, 5) is 20.2. The lowest BCUT2D eigenvalue weighted by atomic mass is 10.0. The number of carbonyl (C=O) groups excluding carboxylic acids is 1. The van der Waals surface area contributed by atoms with Crippen molar-refractivity contribution in [2.75, 3.05) is 0 Å². The van der Waals surface area contributed by atoms with Crippen LogP contribution in [0.5, 0.6) is 0 Å². The van der Waals surface area contributed by atoms with Crippen LogP contribution in [0.3, 0.4) is 0 Å². The van der Waals surface area contributed by atoms with Crippen LogP contribution in [0.25, 0.3) is 6.08 Å². The van der Waals surface area contributed by atoms with Crippen LogP contribution in [0, 0.1) is 10.1 Å². The zero-order chi connectivity index (χ0) is 13.1. The third kappa shape index (κ3) is 3.40. The van der Waals surface area contributed by atoms with E-state index < -0.39 is 22.4 Å². The molecule has 17 heavy (non-hydrogen) atoms. The fourth-order valence-electron chi connectivity index (χ4n) is 1.14. The van der Waals surface area contributed by atoms with Gasteiger partial charge >= 0.3 is 6.18 Å². The topological polar surface area (TPSA) is 60.2 Å². The number of carbonyl (C=O) groups is 1. The summed E-state index contributed by atoms with van der Waals surface area (Å²) in [7, 11) is 0. The molecule has 0 N–H and O–H groups in total. The van der Waals surface area contributed by atoms with Gasteiger partial charge in [-0.25, -0.2) is 0 Å². The Morgan fingerprint density at radius 2 is 1.88 bits per heavy atom. The molecule has 0 saturated carbocycles. The first-order chi connectivity index (χ1) is 7.82. The Hall–Kier alpha value is -2.18. The fraction of sp³-hybridized carbons (Fsp3) is 0.100. The smallest absolute Gasteiger partial charge is 0.284 e. The number of hydrogen-bond donors (Lipinski definition) is 0. The van der Waals surface area contributed by atoms with Gasteiger partial charge in [-0.3, -0.25) is 14.9 Å². The number of hydrogen-bond acceptors (Lipinski definition) is 3. The summed E-state index contributed by atoms with van der Waals surface area (Å²) in [5, 5.41) is 10.1. The van der Waals surface area contributed by atoms with E-state index in [1.54, 1.807) is 0 Å². The molecule has 0 bridgehead atoms. The van der Waals surface area contributed by atoms with E-state index in [1.165, 1.54) is 18.2 Å². The monoisotopic (exact) mass is 245 g/mol. The lowest BCUT2D eigenvalue weighted by Gasteiger charge is -2.07. The summed E-state index contributed by atoms with van der Waals surface area (Å²) in [5.74, 6) is -2.03. The first kappa shape index (κ1) is 12.9. The second kappa shape index (κ2) is 4.77. The van der Waals surface area contributed by atoms with E-state index in [1.807, 2.05) is 0 Å². The lowest BCUT2D eigenvalue weighted by Crippen LogP contribution is -2.23. The molecular weight excluding hydrogens is 239 g/mol. The summed E-state index contributed by atoms with van der Waals surface area (Å²) in [6.07, 6.45) is -3.68. The van der Waals surface area contributed by atoms with E-state index in [9.17, 15) is 28.1 Å². The molecule has 90 valence electrons. The summed E-state index contributed by atoms with van der Waals surface area (Å²) in [6.45, 7) is 0. The summed E-state index contributed by atoms with van der Waals surface area (Å²) < 4.78 is 36.6. The minimum Gasteiger partial charge on any atom is -0.284 e.